The fraction of sp³-hybridized carbons (Fsp3) is 0.667. The van der Waals surface area contributed by atoms with Crippen molar-refractivity contribution in [1.82, 2.24) is 5.06 Å². The van der Waals surface area contributed by atoms with Gasteiger partial charge in [0.05, 0.1) is 7.11 Å². The van der Waals surface area contributed by atoms with Gasteiger partial charge in [-0.2, -0.15) is 0 Å². The van der Waals surface area contributed by atoms with Crippen molar-refractivity contribution in [3.63, 3.8) is 0 Å². The van der Waals surface area contributed by atoms with Crippen molar-refractivity contribution in [3.05, 3.63) is 12.5 Å². The van der Waals surface area contributed by atoms with E-state index in [1.165, 1.54) is 6.42 Å². The minimum absolute atomic E-state index is 0.370. The molecule has 9 heavy (non-hydrogen) atoms. The van der Waals surface area contributed by atoms with Crippen molar-refractivity contribution in [3.8, 4) is 0 Å². The normalized spacial score (nSPS) is 18.3. The molecule has 0 bridgehead atoms. The van der Waals surface area contributed by atoms with Crippen LogP contribution in [0.15, 0.2) is 12.5 Å². The first-order chi connectivity index (χ1) is 4.33. The number of rotatable bonds is 3. The number of methoxy groups -OCH3 is 1. The summed E-state index contributed by atoms with van der Waals surface area (Å²) in [6.45, 7) is 5.49. The summed E-state index contributed by atoms with van der Waals surface area (Å²) in [5, 5.41) is 1.81. The quantitative estimate of drug-likeness (QED) is 0.524. The van der Waals surface area contributed by atoms with Crippen LogP contribution in [0.3, 0.4) is 0 Å². The number of hydrogen-bond acceptors (Lipinski definition) is 3. The van der Waals surface area contributed by atoms with Gasteiger partial charge in [0.1, 0.15) is 0 Å². The van der Waals surface area contributed by atoms with E-state index >= 15 is 0 Å². The lowest BCUT2D eigenvalue weighted by atomic mass is 10.3. The smallest absolute Gasteiger partial charge is 0.292 e. The van der Waals surface area contributed by atoms with Gasteiger partial charge in [-0.25, -0.2) is 0 Å². The maximum Gasteiger partial charge on any atom is 0.292 e. The van der Waals surface area contributed by atoms with E-state index in [1.807, 2.05) is 5.06 Å². The van der Waals surface area contributed by atoms with Crippen LogP contribution < -0.4 is 0 Å². The number of nitrogens with zero attached hydrogens (tertiary/aromatic N) is 1. The predicted molar refractivity (Wildman–Crippen MR) is 33.4 cm³/mol. The molecule has 0 spiro atoms. The Kier molecular flexibility index (Phi) is 1.95. The van der Waals surface area contributed by atoms with Crippen molar-refractivity contribution in [2.24, 2.45) is 0 Å². The van der Waals surface area contributed by atoms with Gasteiger partial charge < -0.3 is 9.57 Å². The van der Waals surface area contributed by atoms with Gasteiger partial charge in [0, 0.05) is 13.1 Å². The summed E-state index contributed by atoms with van der Waals surface area (Å²) in [6.07, 6.45) is 1.21. The third kappa shape index (κ3) is 1.61. The minimum Gasteiger partial charge on any atom is -0.468 e. The molecule has 0 radical (unpaired) electrons. The summed E-state index contributed by atoms with van der Waals surface area (Å²) in [7, 11) is 1.54. The molecule has 1 aliphatic rings. The van der Waals surface area contributed by atoms with Crippen LogP contribution in [0.25, 0.3) is 0 Å². The zero-order valence-corrected chi connectivity index (χ0v) is 5.59. The lowest BCUT2D eigenvalue weighted by Crippen LogP contribution is -2.36. The first kappa shape index (κ1) is 6.42. The van der Waals surface area contributed by atoms with E-state index in [2.05, 4.69) is 6.58 Å². The highest BCUT2D eigenvalue weighted by molar-refractivity contribution is 4.68. The van der Waals surface area contributed by atoms with E-state index in [0.29, 0.717) is 5.95 Å². The Balaban J connectivity index is 2.09. The molecule has 1 heterocycles. The Morgan fingerprint density at radius 2 is 2.22 bits per heavy atom. The summed E-state index contributed by atoms with van der Waals surface area (Å²) in [5.74, 6) is 0.370. The van der Waals surface area contributed by atoms with Crippen LogP contribution >= 0.6 is 0 Å². The highest BCUT2D eigenvalue weighted by atomic mass is 16.8. The van der Waals surface area contributed by atoms with Crippen LogP contribution in [0.5, 0.6) is 0 Å². The fourth-order valence-electron chi connectivity index (χ4n) is 0.560. The van der Waals surface area contributed by atoms with Gasteiger partial charge in [0.2, 0.25) is 0 Å². The molecule has 0 saturated carbocycles. The summed E-state index contributed by atoms with van der Waals surface area (Å²) in [5.41, 5.74) is 0. The molecule has 0 amide bonds. The van der Waals surface area contributed by atoms with Gasteiger partial charge in [0.25, 0.3) is 5.95 Å². The summed E-state index contributed by atoms with van der Waals surface area (Å²) >= 11 is 0. The van der Waals surface area contributed by atoms with E-state index in [0.717, 1.165) is 13.1 Å². The van der Waals surface area contributed by atoms with E-state index in [4.69, 9.17) is 9.57 Å². The third-order valence-electron chi connectivity index (χ3n) is 1.27. The Morgan fingerprint density at radius 1 is 1.56 bits per heavy atom. The van der Waals surface area contributed by atoms with Gasteiger partial charge in [-0.1, -0.05) is 0 Å². The Bertz CT molecular complexity index is 110. The standard InChI is InChI=1S/C6H11NO2/c1-6(8-2)9-7-4-3-5-7/h1,3-5H2,2H3. The second-order valence-electron chi connectivity index (χ2n) is 1.95. The highest BCUT2D eigenvalue weighted by Crippen LogP contribution is 2.09. The first-order valence-corrected chi connectivity index (χ1v) is 2.99. The van der Waals surface area contributed by atoms with Crippen LogP contribution in [0, 0.1) is 0 Å². The van der Waals surface area contributed by atoms with Gasteiger partial charge in [-0.15, -0.1) is 5.06 Å². The van der Waals surface area contributed by atoms with Crippen LogP contribution in [-0.2, 0) is 9.57 Å². The summed E-state index contributed by atoms with van der Waals surface area (Å²) in [4.78, 5) is 5.05. The predicted octanol–water partition coefficient (Wildman–Crippen LogP) is 0.741. The number of hydrogen-bond donors (Lipinski definition) is 0. The molecule has 0 N–H and O–H groups in total. The fourth-order valence-corrected chi connectivity index (χ4v) is 0.560. The molecule has 0 unspecified atom stereocenters. The van der Waals surface area contributed by atoms with E-state index in [9.17, 15) is 0 Å². The highest BCUT2D eigenvalue weighted by Gasteiger charge is 2.15. The molecule has 0 aliphatic carbocycles. The zero-order chi connectivity index (χ0) is 6.69. The van der Waals surface area contributed by atoms with Crippen LogP contribution in [0.2, 0.25) is 0 Å². The average molecular weight is 129 g/mol. The zero-order valence-electron chi connectivity index (χ0n) is 5.59. The minimum atomic E-state index is 0.370. The molecular formula is C6H11NO2. The van der Waals surface area contributed by atoms with Gasteiger partial charge >= 0.3 is 0 Å². The van der Waals surface area contributed by atoms with Gasteiger partial charge in [0.15, 0.2) is 0 Å². The van der Waals surface area contributed by atoms with E-state index < -0.39 is 0 Å². The van der Waals surface area contributed by atoms with Crippen LogP contribution in [-0.4, -0.2) is 25.3 Å². The van der Waals surface area contributed by atoms with E-state index in [-0.39, 0.29) is 0 Å². The van der Waals surface area contributed by atoms with E-state index in [1.54, 1.807) is 7.11 Å². The van der Waals surface area contributed by atoms with Gasteiger partial charge in [-0.05, 0) is 13.0 Å². The molecule has 1 aliphatic heterocycles. The molecule has 52 valence electrons. The largest absolute Gasteiger partial charge is 0.468 e. The molecule has 0 atom stereocenters. The molecule has 3 heteroatoms. The maximum atomic E-state index is 5.05. The monoisotopic (exact) mass is 129 g/mol. The maximum absolute atomic E-state index is 5.05. The number of ether oxygens (including phenoxy) is 1. The SMILES string of the molecule is C=C(OC)ON1CCC1. The first-order valence-electron chi connectivity index (χ1n) is 2.99. The molecule has 0 aromatic rings. The molecule has 0 aromatic heterocycles. The molecule has 1 rings (SSSR count). The summed E-state index contributed by atoms with van der Waals surface area (Å²) < 4.78 is 4.70. The molecule has 1 fully saturated rings. The van der Waals surface area contributed by atoms with Gasteiger partial charge in [-0.3, -0.25) is 0 Å². The lowest BCUT2D eigenvalue weighted by molar-refractivity contribution is -0.196. The second kappa shape index (κ2) is 2.73. The van der Waals surface area contributed by atoms with Crippen molar-refractivity contribution in [2.75, 3.05) is 20.2 Å². The third-order valence-corrected chi connectivity index (χ3v) is 1.27. The average Bonchev–Trinajstić information content (AvgIpc) is 1.78. The molecular weight excluding hydrogens is 118 g/mol. The second-order valence-corrected chi connectivity index (χ2v) is 1.95. The molecule has 1 saturated heterocycles. The van der Waals surface area contributed by atoms with Crippen LogP contribution in [0.4, 0.5) is 0 Å². The molecule has 0 aromatic carbocycles. The Hall–Kier alpha value is -0.700. The lowest BCUT2D eigenvalue weighted by Gasteiger charge is -2.29. The Labute approximate surface area is 54.8 Å². The Morgan fingerprint density at radius 3 is 2.56 bits per heavy atom. The van der Waals surface area contributed by atoms with Crippen LogP contribution in [0.1, 0.15) is 6.42 Å². The summed E-state index contributed by atoms with van der Waals surface area (Å²) in [6, 6.07) is 0. The van der Waals surface area contributed by atoms with Crippen molar-refractivity contribution < 1.29 is 9.57 Å². The van der Waals surface area contributed by atoms with Crippen molar-refractivity contribution >= 4 is 0 Å². The van der Waals surface area contributed by atoms with Crippen molar-refractivity contribution in [2.45, 2.75) is 6.42 Å². The molecule has 3 nitrogen and oxygen atoms in total. The van der Waals surface area contributed by atoms with Crippen molar-refractivity contribution in [1.29, 1.82) is 0 Å². The number of hydroxylamine groups is 2. The topological polar surface area (TPSA) is 21.7 Å².